The molecule has 1 aromatic rings. The number of nitrogens with zero attached hydrogens (tertiary/aromatic N) is 1. The maximum absolute atomic E-state index is 12.2. The van der Waals surface area contributed by atoms with Crippen LogP contribution in [-0.2, 0) is 16.0 Å². The molecule has 5 heteroatoms. The van der Waals surface area contributed by atoms with Crippen LogP contribution in [-0.4, -0.2) is 35.0 Å². The monoisotopic (exact) mass is 309 g/mol. The van der Waals surface area contributed by atoms with Crippen LogP contribution in [0.25, 0.3) is 0 Å². The molecule has 4 nitrogen and oxygen atoms in total. The lowest BCUT2D eigenvalue weighted by atomic mass is 9.76. The van der Waals surface area contributed by atoms with Crippen molar-refractivity contribution >= 4 is 23.2 Å². The van der Waals surface area contributed by atoms with Crippen LogP contribution in [0.3, 0.4) is 0 Å². The number of rotatable bonds is 6. The van der Waals surface area contributed by atoms with Crippen molar-refractivity contribution in [2.24, 2.45) is 11.3 Å². The summed E-state index contributed by atoms with van der Waals surface area (Å²) < 4.78 is 0. The molecule has 0 bridgehead atoms. The molecule has 1 unspecified atom stereocenters. The fourth-order valence-corrected chi connectivity index (χ4v) is 3.72. The lowest BCUT2D eigenvalue weighted by Crippen LogP contribution is -2.40. The molecule has 2 rings (SSSR count). The second-order valence-electron chi connectivity index (χ2n) is 6.11. The van der Waals surface area contributed by atoms with Gasteiger partial charge in [0.2, 0.25) is 5.91 Å². The number of hydrogen-bond donors (Lipinski definition) is 1. The molecule has 1 aliphatic heterocycles. The third-order valence-electron chi connectivity index (χ3n) is 4.58. The van der Waals surface area contributed by atoms with Gasteiger partial charge in [0.25, 0.3) is 0 Å². The second-order valence-corrected chi connectivity index (χ2v) is 7.15. The Morgan fingerprint density at radius 2 is 2.24 bits per heavy atom. The lowest BCUT2D eigenvalue weighted by Gasteiger charge is -2.28. The van der Waals surface area contributed by atoms with Crippen LogP contribution >= 0.6 is 11.3 Å². The Morgan fingerprint density at radius 3 is 2.76 bits per heavy atom. The van der Waals surface area contributed by atoms with Gasteiger partial charge in [0.15, 0.2) is 0 Å². The van der Waals surface area contributed by atoms with Crippen molar-refractivity contribution in [3.8, 4) is 0 Å². The molecule has 1 atom stereocenters. The lowest BCUT2D eigenvalue weighted by molar-refractivity contribution is -0.151. The number of carboxylic acid groups (broad SMARTS) is 1. The molecular formula is C16H23NO3S. The van der Waals surface area contributed by atoms with E-state index in [0.717, 1.165) is 12.8 Å². The van der Waals surface area contributed by atoms with E-state index >= 15 is 0 Å². The third-order valence-corrected chi connectivity index (χ3v) is 5.51. The summed E-state index contributed by atoms with van der Waals surface area (Å²) in [6.45, 7) is 4.79. The maximum atomic E-state index is 12.2. The van der Waals surface area contributed by atoms with Crippen LogP contribution in [0.1, 0.15) is 38.0 Å². The number of carbonyl (C=O) groups is 2. The molecule has 0 aromatic carbocycles. The van der Waals surface area contributed by atoms with Crippen molar-refractivity contribution in [3.63, 3.8) is 0 Å². The van der Waals surface area contributed by atoms with Crippen molar-refractivity contribution in [1.29, 1.82) is 0 Å². The summed E-state index contributed by atoms with van der Waals surface area (Å²) in [5.74, 6) is -0.638. The molecule has 0 saturated carbocycles. The first-order chi connectivity index (χ1) is 9.95. The highest BCUT2D eigenvalue weighted by Gasteiger charge is 2.48. The quantitative estimate of drug-likeness (QED) is 0.878. The van der Waals surface area contributed by atoms with Gasteiger partial charge in [0, 0.05) is 24.4 Å². The molecule has 0 radical (unpaired) electrons. The van der Waals surface area contributed by atoms with Gasteiger partial charge in [-0.15, -0.1) is 11.3 Å². The summed E-state index contributed by atoms with van der Waals surface area (Å²) in [5, 5.41) is 11.5. The average molecular weight is 309 g/mol. The minimum absolute atomic E-state index is 0.0407. The van der Waals surface area contributed by atoms with Gasteiger partial charge < -0.3 is 10.0 Å². The zero-order valence-corrected chi connectivity index (χ0v) is 13.5. The van der Waals surface area contributed by atoms with Crippen LogP contribution in [0.5, 0.6) is 0 Å². The number of likely N-dealkylation sites (tertiary alicyclic amines) is 1. The van der Waals surface area contributed by atoms with Crippen molar-refractivity contribution in [2.45, 2.75) is 39.5 Å². The van der Waals surface area contributed by atoms with E-state index in [1.807, 2.05) is 25.3 Å². The minimum atomic E-state index is -0.772. The van der Waals surface area contributed by atoms with Crippen LogP contribution in [0.2, 0.25) is 0 Å². The first-order valence-corrected chi connectivity index (χ1v) is 8.37. The Kier molecular flexibility index (Phi) is 5.04. The molecule has 21 heavy (non-hydrogen) atoms. The highest BCUT2D eigenvalue weighted by Crippen LogP contribution is 2.38. The fourth-order valence-electron chi connectivity index (χ4n) is 2.97. The topological polar surface area (TPSA) is 57.6 Å². The van der Waals surface area contributed by atoms with Gasteiger partial charge in [-0.25, -0.2) is 0 Å². The molecule has 1 aromatic heterocycles. The predicted octanol–water partition coefficient (Wildman–Crippen LogP) is 3.03. The van der Waals surface area contributed by atoms with Crippen LogP contribution < -0.4 is 0 Å². The van der Waals surface area contributed by atoms with E-state index in [1.54, 1.807) is 16.2 Å². The average Bonchev–Trinajstić information content (AvgIpc) is 3.08. The first kappa shape index (κ1) is 16.0. The van der Waals surface area contributed by atoms with E-state index in [2.05, 4.69) is 6.07 Å². The molecule has 1 N–H and O–H groups in total. The van der Waals surface area contributed by atoms with Crippen molar-refractivity contribution in [2.75, 3.05) is 13.1 Å². The Morgan fingerprint density at radius 1 is 1.48 bits per heavy atom. The van der Waals surface area contributed by atoms with Gasteiger partial charge in [-0.3, -0.25) is 9.59 Å². The van der Waals surface area contributed by atoms with E-state index < -0.39 is 11.4 Å². The molecular weight excluding hydrogens is 286 g/mol. The minimum Gasteiger partial charge on any atom is -0.481 e. The zero-order valence-electron chi connectivity index (χ0n) is 12.7. The fraction of sp³-hybridized carbons (Fsp3) is 0.625. The zero-order chi connectivity index (χ0) is 15.5. The van der Waals surface area contributed by atoms with E-state index in [9.17, 15) is 14.7 Å². The van der Waals surface area contributed by atoms with Crippen molar-refractivity contribution in [3.05, 3.63) is 22.4 Å². The number of aliphatic carboxylic acids is 1. The third kappa shape index (κ3) is 3.46. The number of amides is 1. The summed E-state index contributed by atoms with van der Waals surface area (Å²) in [5.41, 5.74) is -0.761. The second kappa shape index (κ2) is 6.60. The molecule has 1 aliphatic rings. The van der Waals surface area contributed by atoms with Crippen LogP contribution in [0.4, 0.5) is 0 Å². The van der Waals surface area contributed by atoms with Gasteiger partial charge in [0.1, 0.15) is 0 Å². The molecule has 2 heterocycles. The number of carboxylic acids is 1. The summed E-state index contributed by atoms with van der Waals surface area (Å²) in [6, 6.07) is 4.10. The summed E-state index contributed by atoms with van der Waals surface area (Å²) in [4.78, 5) is 26.8. The highest BCUT2D eigenvalue weighted by atomic mass is 32.1. The number of carbonyl (C=O) groups excluding carboxylic acids is 1. The van der Waals surface area contributed by atoms with Crippen LogP contribution in [0.15, 0.2) is 17.5 Å². The Bertz CT molecular complexity index is 498. The van der Waals surface area contributed by atoms with Crippen molar-refractivity contribution in [1.82, 2.24) is 4.90 Å². The first-order valence-electron chi connectivity index (χ1n) is 7.49. The van der Waals surface area contributed by atoms with Gasteiger partial charge in [0.05, 0.1) is 5.41 Å². The largest absolute Gasteiger partial charge is 0.481 e. The normalized spacial score (nSPS) is 22.0. The SMILES string of the molecule is CC(C)C1(C(=O)O)CCN(C(=O)CCCc2cccs2)C1. The standard InChI is InChI=1S/C16H23NO3S/c1-12(2)16(15(19)20)8-9-17(11-16)14(18)7-3-5-13-6-4-10-21-13/h4,6,10,12H,3,5,7-9,11H2,1-2H3,(H,19,20). The Hall–Kier alpha value is -1.36. The summed E-state index contributed by atoms with van der Waals surface area (Å²) in [6.07, 6.45) is 2.82. The summed E-state index contributed by atoms with van der Waals surface area (Å²) in [7, 11) is 0. The smallest absolute Gasteiger partial charge is 0.311 e. The maximum Gasteiger partial charge on any atom is 0.311 e. The summed E-state index contributed by atoms with van der Waals surface area (Å²) >= 11 is 1.71. The molecule has 1 fully saturated rings. The van der Waals surface area contributed by atoms with Gasteiger partial charge in [-0.1, -0.05) is 19.9 Å². The van der Waals surface area contributed by atoms with Gasteiger partial charge in [-0.05, 0) is 36.6 Å². The van der Waals surface area contributed by atoms with Gasteiger partial charge in [-0.2, -0.15) is 0 Å². The van der Waals surface area contributed by atoms with Crippen molar-refractivity contribution < 1.29 is 14.7 Å². The van der Waals surface area contributed by atoms with Gasteiger partial charge >= 0.3 is 5.97 Å². The molecule has 1 saturated heterocycles. The molecule has 1 amide bonds. The number of thiophene rings is 1. The molecule has 0 spiro atoms. The molecule has 0 aliphatic carbocycles. The Balaban J connectivity index is 1.85. The van der Waals surface area contributed by atoms with E-state index in [-0.39, 0.29) is 11.8 Å². The number of hydrogen-bond acceptors (Lipinski definition) is 3. The predicted molar refractivity (Wildman–Crippen MR) is 83.4 cm³/mol. The van der Waals surface area contributed by atoms with E-state index in [1.165, 1.54) is 4.88 Å². The van der Waals surface area contributed by atoms with E-state index in [0.29, 0.717) is 25.9 Å². The molecule has 116 valence electrons. The Labute approximate surface area is 129 Å². The number of aryl methyl sites for hydroxylation is 1. The highest BCUT2D eigenvalue weighted by molar-refractivity contribution is 7.09. The van der Waals surface area contributed by atoms with Crippen LogP contribution in [0, 0.1) is 11.3 Å². The van der Waals surface area contributed by atoms with E-state index in [4.69, 9.17) is 0 Å².